The number of nitrogens with one attached hydrogen (secondary N) is 1. The van der Waals surface area contributed by atoms with Crippen LogP contribution >= 0.6 is 0 Å². The Bertz CT molecular complexity index is 507. The Kier molecular flexibility index (Phi) is 3.42. The lowest BCUT2D eigenvalue weighted by molar-refractivity contribution is 0.397. The van der Waals surface area contributed by atoms with Crippen molar-refractivity contribution in [1.29, 1.82) is 0 Å². The summed E-state index contributed by atoms with van der Waals surface area (Å²) in [4.78, 5) is 11.9. The molecule has 0 spiro atoms. The Morgan fingerprint density at radius 1 is 1.28 bits per heavy atom. The highest BCUT2D eigenvalue weighted by Crippen LogP contribution is 2.12. The van der Waals surface area contributed by atoms with Crippen molar-refractivity contribution < 1.29 is 4.74 Å². The van der Waals surface area contributed by atoms with E-state index >= 15 is 0 Å². The summed E-state index contributed by atoms with van der Waals surface area (Å²) in [6.07, 6.45) is 1.72. The Hall–Kier alpha value is -2.57. The summed E-state index contributed by atoms with van der Waals surface area (Å²) in [5, 5.41) is 3.09. The van der Waals surface area contributed by atoms with E-state index in [1.54, 1.807) is 25.4 Å². The molecule has 7 nitrogen and oxygen atoms in total. The second kappa shape index (κ2) is 5.17. The predicted octanol–water partition coefficient (Wildman–Crippen LogP) is 0.657. The zero-order valence-electron chi connectivity index (χ0n) is 9.92. The molecule has 0 atom stereocenters. The lowest BCUT2D eigenvalue weighted by Gasteiger charge is -2.07. The molecule has 0 bridgehead atoms. The molecule has 0 fully saturated rings. The van der Waals surface area contributed by atoms with E-state index in [1.807, 2.05) is 6.07 Å². The maximum atomic E-state index is 5.57. The first kappa shape index (κ1) is 11.9. The molecule has 2 heterocycles. The van der Waals surface area contributed by atoms with Gasteiger partial charge in [-0.3, -0.25) is 0 Å². The van der Waals surface area contributed by atoms with Gasteiger partial charge in [-0.1, -0.05) is 6.07 Å². The fourth-order valence-electron chi connectivity index (χ4n) is 1.40. The zero-order valence-corrected chi connectivity index (χ0v) is 9.92. The van der Waals surface area contributed by atoms with Crippen LogP contribution in [0.1, 0.15) is 5.56 Å². The van der Waals surface area contributed by atoms with Gasteiger partial charge in [-0.25, -0.2) is 4.98 Å². The maximum absolute atomic E-state index is 5.57. The van der Waals surface area contributed by atoms with E-state index in [2.05, 4.69) is 20.3 Å². The minimum atomic E-state index is 0.144. The van der Waals surface area contributed by atoms with E-state index in [9.17, 15) is 0 Å². The average Bonchev–Trinajstić information content (AvgIpc) is 2.36. The number of ether oxygens (including phenoxy) is 1. The number of anilines is 3. The lowest BCUT2D eigenvalue weighted by Crippen LogP contribution is -2.06. The van der Waals surface area contributed by atoms with Gasteiger partial charge in [-0.2, -0.15) is 9.97 Å². The summed E-state index contributed by atoms with van der Waals surface area (Å²) in [5.41, 5.74) is 12.1. The van der Waals surface area contributed by atoms with Gasteiger partial charge >= 0.3 is 0 Å². The molecule has 5 N–H and O–H groups in total. The molecule has 0 saturated heterocycles. The summed E-state index contributed by atoms with van der Waals surface area (Å²) < 4.78 is 4.98. The van der Waals surface area contributed by atoms with Gasteiger partial charge in [0.2, 0.25) is 11.8 Å². The number of pyridine rings is 1. The molecule has 7 heteroatoms. The minimum absolute atomic E-state index is 0.144. The Morgan fingerprint density at radius 2 is 2.11 bits per heavy atom. The number of nitrogen functional groups attached to an aromatic ring is 2. The summed E-state index contributed by atoms with van der Waals surface area (Å²) in [6.45, 7) is 0.562. The van der Waals surface area contributed by atoms with E-state index in [-0.39, 0.29) is 5.95 Å². The molecule has 0 saturated carbocycles. The number of nitrogens with two attached hydrogens (primary N) is 2. The van der Waals surface area contributed by atoms with Crippen molar-refractivity contribution in [3.05, 3.63) is 30.0 Å². The Labute approximate surface area is 104 Å². The Morgan fingerprint density at radius 3 is 2.72 bits per heavy atom. The third-order valence-electron chi connectivity index (χ3n) is 2.24. The van der Waals surface area contributed by atoms with Crippen molar-refractivity contribution in [1.82, 2.24) is 15.0 Å². The monoisotopic (exact) mass is 246 g/mol. The van der Waals surface area contributed by atoms with Crippen LogP contribution in [0.2, 0.25) is 0 Å². The average molecular weight is 246 g/mol. The highest BCUT2D eigenvalue weighted by Gasteiger charge is 2.00. The van der Waals surface area contributed by atoms with E-state index in [4.69, 9.17) is 16.2 Å². The van der Waals surface area contributed by atoms with Crippen molar-refractivity contribution in [2.24, 2.45) is 0 Å². The lowest BCUT2D eigenvalue weighted by atomic mass is 10.3. The molecular formula is C11H14N6O. The summed E-state index contributed by atoms with van der Waals surface area (Å²) in [5.74, 6) is 1.63. The molecule has 18 heavy (non-hydrogen) atoms. The third-order valence-corrected chi connectivity index (χ3v) is 2.24. The van der Waals surface area contributed by atoms with Crippen molar-refractivity contribution >= 4 is 17.6 Å². The molecule has 2 aromatic rings. The van der Waals surface area contributed by atoms with Gasteiger partial charge in [0, 0.05) is 24.9 Å². The second-order valence-electron chi connectivity index (χ2n) is 3.60. The van der Waals surface area contributed by atoms with E-state index in [0.29, 0.717) is 24.1 Å². The fourth-order valence-corrected chi connectivity index (χ4v) is 1.40. The normalized spacial score (nSPS) is 10.1. The number of hydrogen-bond donors (Lipinski definition) is 3. The zero-order chi connectivity index (χ0) is 13.0. The van der Waals surface area contributed by atoms with Crippen LogP contribution in [0.15, 0.2) is 24.4 Å². The van der Waals surface area contributed by atoms with Crippen LogP contribution in [0.25, 0.3) is 0 Å². The minimum Gasteiger partial charge on any atom is -0.481 e. The predicted molar refractivity (Wildman–Crippen MR) is 69.0 cm³/mol. The van der Waals surface area contributed by atoms with Gasteiger partial charge in [0.25, 0.3) is 0 Å². The third kappa shape index (κ3) is 2.97. The molecule has 0 aliphatic heterocycles. The maximum Gasteiger partial charge on any atom is 0.223 e. The van der Waals surface area contributed by atoms with E-state index < -0.39 is 0 Å². The van der Waals surface area contributed by atoms with Gasteiger partial charge in [0.05, 0.1) is 7.11 Å². The first-order valence-electron chi connectivity index (χ1n) is 5.30. The van der Waals surface area contributed by atoms with Gasteiger partial charge in [0.1, 0.15) is 11.6 Å². The van der Waals surface area contributed by atoms with E-state index in [0.717, 1.165) is 5.56 Å². The number of methoxy groups -OCH3 is 1. The van der Waals surface area contributed by atoms with Gasteiger partial charge in [-0.05, 0) is 5.56 Å². The van der Waals surface area contributed by atoms with Crippen LogP contribution in [0.5, 0.6) is 5.88 Å². The topological polar surface area (TPSA) is 112 Å². The standard InChI is InChI=1S/C11H14N6O/c1-18-10-3-2-7(6-15-10)5-14-9-4-8(12)16-11(13)17-9/h2-4,6H,5H2,1H3,(H5,12,13,14,16,17). The smallest absolute Gasteiger partial charge is 0.223 e. The van der Waals surface area contributed by atoms with Crippen molar-refractivity contribution in [2.75, 3.05) is 23.9 Å². The molecule has 0 aromatic carbocycles. The van der Waals surface area contributed by atoms with Crippen molar-refractivity contribution in [3.8, 4) is 5.88 Å². The molecule has 94 valence electrons. The summed E-state index contributed by atoms with van der Waals surface area (Å²) in [6, 6.07) is 5.32. The molecule has 0 aliphatic rings. The Balaban J connectivity index is 2.01. The van der Waals surface area contributed by atoms with E-state index in [1.165, 1.54) is 0 Å². The van der Waals surface area contributed by atoms with Gasteiger partial charge in [0.15, 0.2) is 0 Å². The van der Waals surface area contributed by atoms with Crippen LogP contribution in [0.4, 0.5) is 17.6 Å². The quantitative estimate of drug-likeness (QED) is 0.726. The molecule has 0 radical (unpaired) electrons. The number of hydrogen-bond acceptors (Lipinski definition) is 7. The second-order valence-corrected chi connectivity index (χ2v) is 3.60. The summed E-state index contributed by atoms with van der Waals surface area (Å²) in [7, 11) is 1.58. The largest absolute Gasteiger partial charge is 0.481 e. The van der Waals surface area contributed by atoms with Crippen LogP contribution in [0, 0.1) is 0 Å². The van der Waals surface area contributed by atoms with Crippen LogP contribution in [-0.2, 0) is 6.54 Å². The van der Waals surface area contributed by atoms with Crippen molar-refractivity contribution in [3.63, 3.8) is 0 Å². The first-order chi connectivity index (χ1) is 8.67. The molecule has 2 aromatic heterocycles. The number of aromatic nitrogens is 3. The van der Waals surface area contributed by atoms with Gasteiger partial charge in [-0.15, -0.1) is 0 Å². The molecular weight excluding hydrogens is 232 g/mol. The highest BCUT2D eigenvalue weighted by atomic mass is 16.5. The van der Waals surface area contributed by atoms with Crippen LogP contribution in [-0.4, -0.2) is 22.1 Å². The molecule has 0 amide bonds. The number of rotatable bonds is 4. The number of nitrogens with zero attached hydrogens (tertiary/aromatic N) is 3. The first-order valence-corrected chi connectivity index (χ1v) is 5.30. The fraction of sp³-hybridized carbons (Fsp3) is 0.182. The van der Waals surface area contributed by atoms with Crippen LogP contribution in [0.3, 0.4) is 0 Å². The SMILES string of the molecule is COc1ccc(CNc2cc(N)nc(N)n2)cn1. The molecule has 0 unspecified atom stereocenters. The van der Waals surface area contributed by atoms with Crippen molar-refractivity contribution in [2.45, 2.75) is 6.54 Å². The summed E-state index contributed by atoms with van der Waals surface area (Å²) >= 11 is 0. The van der Waals surface area contributed by atoms with Gasteiger partial charge < -0.3 is 21.5 Å². The van der Waals surface area contributed by atoms with Crippen LogP contribution < -0.4 is 21.5 Å². The molecule has 2 rings (SSSR count). The highest BCUT2D eigenvalue weighted by molar-refractivity contribution is 5.48. The molecule has 0 aliphatic carbocycles.